The second-order valence-corrected chi connectivity index (χ2v) is 10.7. The lowest BCUT2D eigenvalue weighted by Crippen LogP contribution is -2.51. The predicted octanol–water partition coefficient (Wildman–Crippen LogP) is 3.41. The van der Waals surface area contributed by atoms with Crippen molar-refractivity contribution in [2.75, 3.05) is 6.54 Å². The number of aliphatic carboxylic acids is 1. The molecule has 4 aliphatic rings. The summed E-state index contributed by atoms with van der Waals surface area (Å²) in [7, 11) is 0. The van der Waals surface area contributed by atoms with E-state index in [1.54, 1.807) is 0 Å². The molecule has 3 saturated carbocycles. The van der Waals surface area contributed by atoms with E-state index in [9.17, 15) is 19.2 Å². The first-order valence-corrected chi connectivity index (χ1v) is 12.1. The van der Waals surface area contributed by atoms with Crippen molar-refractivity contribution in [2.24, 2.45) is 28.6 Å². The van der Waals surface area contributed by atoms with E-state index in [1.807, 2.05) is 6.08 Å². The molecule has 0 radical (unpaired) electrons. The third-order valence-corrected chi connectivity index (χ3v) is 9.14. The number of esters is 1. The van der Waals surface area contributed by atoms with Gasteiger partial charge in [0.2, 0.25) is 5.91 Å². The molecule has 0 aliphatic heterocycles. The topological polar surface area (TPSA) is 110 Å². The zero-order valence-corrected chi connectivity index (χ0v) is 19.2. The molecule has 7 heteroatoms. The van der Waals surface area contributed by atoms with Crippen molar-refractivity contribution in [1.82, 2.24) is 5.32 Å². The Kier molecular flexibility index (Phi) is 6.21. The quantitative estimate of drug-likeness (QED) is 0.607. The van der Waals surface area contributed by atoms with E-state index in [-0.39, 0.29) is 41.5 Å². The highest BCUT2D eigenvalue weighted by atomic mass is 16.5. The lowest BCUT2D eigenvalue weighted by atomic mass is 9.47. The molecule has 3 fully saturated rings. The summed E-state index contributed by atoms with van der Waals surface area (Å²) in [4.78, 5) is 46.7. The number of allylic oxidation sites excluding steroid dienone is 1. The second kappa shape index (κ2) is 8.64. The van der Waals surface area contributed by atoms with Gasteiger partial charge in [-0.3, -0.25) is 19.2 Å². The van der Waals surface area contributed by atoms with Gasteiger partial charge in [0.25, 0.3) is 0 Å². The maximum Gasteiger partial charge on any atom is 0.322 e. The molecule has 32 heavy (non-hydrogen) atoms. The van der Waals surface area contributed by atoms with Crippen LogP contribution >= 0.6 is 0 Å². The third-order valence-electron chi connectivity index (χ3n) is 9.14. The number of rotatable bonds is 6. The van der Waals surface area contributed by atoms with Gasteiger partial charge in [0.1, 0.15) is 12.6 Å². The molecule has 0 saturated heterocycles. The monoisotopic (exact) mass is 445 g/mol. The van der Waals surface area contributed by atoms with Crippen LogP contribution < -0.4 is 5.32 Å². The number of hydrogen-bond donors (Lipinski definition) is 2. The van der Waals surface area contributed by atoms with E-state index in [1.165, 1.54) is 5.57 Å². The molecule has 0 aromatic rings. The Bertz CT molecular complexity index is 849. The van der Waals surface area contributed by atoms with Gasteiger partial charge in [-0.25, -0.2) is 0 Å². The number of ether oxygens (including phenoxy) is 1. The maximum atomic E-state index is 12.5. The highest BCUT2D eigenvalue weighted by Crippen LogP contribution is 2.65. The van der Waals surface area contributed by atoms with E-state index in [0.717, 1.165) is 44.9 Å². The number of carbonyl (C=O) groups excluding carboxylic acids is 3. The van der Waals surface area contributed by atoms with Gasteiger partial charge in [0.05, 0.1) is 6.42 Å². The molecule has 6 atom stereocenters. The third kappa shape index (κ3) is 4.11. The van der Waals surface area contributed by atoms with Crippen molar-refractivity contribution in [3.8, 4) is 0 Å². The van der Waals surface area contributed by atoms with Crippen LogP contribution in [0.4, 0.5) is 0 Å². The minimum absolute atomic E-state index is 0.0327. The number of ketones is 1. The fourth-order valence-electron chi connectivity index (χ4n) is 7.40. The molecule has 0 aromatic carbocycles. The van der Waals surface area contributed by atoms with E-state index >= 15 is 0 Å². The van der Waals surface area contributed by atoms with Gasteiger partial charge in [-0.1, -0.05) is 19.4 Å². The molecule has 0 aromatic heterocycles. The van der Waals surface area contributed by atoms with Crippen LogP contribution in [0.25, 0.3) is 0 Å². The number of carboxylic acid groups (broad SMARTS) is 1. The molecule has 4 rings (SSSR count). The Labute approximate surface area is 189 Å². The summed E-state index contributed by atoms with van der Waals surface area (Å²) in [6.07, 6.45) is 9.50. The van der Waals surface area contributed by atoms with Crippen molar-refractivity contribution in [2.45, 2.75) is 84.2 Å². The molecule has 176 valence electrons. The van der Waals surface area contributed by atoms with Crippen molar-refractivity contribution in [3.63, 3.8) is 0 Å². The molecule has 2 N–H and O–H groups in total. The van der Waals surface area contributed by atoms with Gasteiger partial charge < -0.3 is 15.2 Å². The summed E-state index contributed by atoms with van der Waals surface area (Å²) < 4.78 is 5.89. The van der Waals surface area contributed by atoms with Crippen molar-refractivity contribution < 1.29 is 29.0 Å². The van der Waals surface area contributed by atoms with Crippen LogP contribution in [0.5, 0.6) is 0 Å². The SMILES string of the molecule is C[C@@]12CC[C@@H]3[C@H](CCC4=CC(=O)CC[C@@]43C)[C@H]1CC[C@H]2OC(=O)CCC(=O)NCC(=O)O. The molecule has 1 amide bonds. The fourth-order valence-corrected chi connectivity index (χ4v) is 7.40. The second-order valence-electron chi connectivity index (χ2n) is 10.7. The largest absolute Gasteiger partial charge is 0.480 e. The van der Waals surface area contributed by atoms with E-state index < -0.39 is 18.4 Å². The molecule has 0 unspecified atom stereocenters. The summed E-state index contributed by atoms with van der Waals surface area (Å²) in [5.41, 5.74) is 1.46. The lowest BCUT2D eigenvalue weighted by molar-refractivity contribution is -0.160. The maximum absolute atomic E-state index is 12.5. The first-order valence-electron chi connectivity index (χ1n) is 12.1. The van der Waals surface area contributed by atoms with Crippen LogP contribution in [0.2, 0.25) is 0 Å². The highest BCUT2D eigenvalue weighted by molar-refractivity contribution is 5.91. The van der Waals surface area contributed by atoms with Crippen LogP contribution in [-0.4, -0.2) is 41.4 Å². The summed E-state index contributed by atoms with van der Waals surface area (Å²) in [6.45, 7) is 4.20. The Morgan fingerprint density at radius 1 is 1.06 bits per heavy atom. The van der Waals surface area contributed by atoms with E-state index in [0.29, 0.717) is 24.2 Å². The number of nitrogens with one attached hydrogen (secondary N) is 1. The van der Waals surface area contributed by atoms with Gasteiger partial charge in [-0.15, -0.1) is 0 Å². The van der Waals surface area contributed by atoms with Crippen molar-refractivity contribution in [3.05, 3.63) is 11.6 Å². The van der Waals surface area contributed by atoms with E-state index in [2.05, 4.69) is 19.2 Å². The Morgan fingerprint density at radius 3 is 2.59 bits per heavy atom. The van der Waals surface area contributed by atoms with Crippen molar-refractivity contribution >= 4 is 23.6 Å². The van der Waals surface area contributed by atoms with Crippen LogP contribution in [0, 0.1) is 28.6 Å². The fraction of sp³-hybridized carbons (Fsp3) is 0.760. The van der Waals surface area contributed by atoms with Crippen molar-refractivity contribution in [1.29, 1.82) is 0 Å². The summed E-state index contributed by atoms with van der Waals surface area (Å²) in [5.74, 6) is 0.0628. The summed E-state index contributed by atoms with van der Waals surface area (Å²) in [5, 5.41) is 10.9. The Morgan fingerprint density at radius 2 is 1.84 bits per heavy atom. The smallest absolute Gasteiger partial charge is 0.322 e. The molecule has 0 spiro atoms. The van der Waals surface area contributed by atoms with Crippen LogP contribution in [-0.2, 0) is 23.9 Å². The van der Waals surface area contributed by atoms with Gasteiger partial charge in [-0.05, 0) is 74.2 Å². The zero-order chi connectivity index (χ0) is 23.1. The minimum Gasteiger partial charge on any atom is -0.480 e. The average Bonchev–Trinajstić information content (AvgIpc) is 3.07. The molecule has 0 heterocycles. The molecular formula is C25H35NO6. The first-order chi connectivity index (χ1) is 15.1. The number of fused-ring (bicyclic) bond motifs is 5. The van der Waals surface area contributed by atoms with Crippen LogP contribution in [0.1, 0.15) is 78.1 Å². The number of carboxylic acids is 1. The Balaban J connectivity index is 1.37. The predicted molar refractivity (Wildman–Crippen MR) is 116 cm³/mol. The van der Waals surface area contributed by atoms with Crippen LogP contribution in [0.3, 0.4) is 0 Å². The number of hydrogen-bond acceptors (Lipinski definition) is 5. The average molecular weight is 446 g/mol. The molecule has 7 nitrogen and oxygen atoms in total. The summed E-state index contributed by atoms with van der Waals surface area (Å²) >= 11 is 0. The van der Waals surface area contributed by atoms with Gasteiger partial charge in [-0.2, -0.15) is 0 Å². The standard InChI is InChI=1S/C25H35NO6/c1-24-11-9-16(27)13-15(24)3-4-17-18-5-6-20(25(18,2)12-10-19(17)24)32-23(31)8-7-21(28)26-14-22(29)30/h13,17-20H,3-12,14H2,1-2H3,(H,26,28)(H,29,30)/t17-,18-,19-,20-,24+,25-/m1/s1. The van der Waals surface area contributed by atoms with Gasteiger partial charge in [0, 0.05) is 18.3 Å². The number of carbonyl (C=O) groups is 4. The lowest BCUT2D eigenvalue weighted by Gasteiger charge is -2.57. The Hall–Kier alpha value is -2.18. The number of amides is 1. The van der Waals surface area contributed by atoms with Crippen LogP contribution in [0.15, 0.2) is 11.6 Å². The molecule has 0 bridgehead atoms. The highest BCUT2D eigenvalue weighted by Gasteiger charge is 2.59. The minimum atomic E-state index is -1.11. The normalized spacial score (nSPS) is 38.1. The molecular weight excluding hydrogens is 410 g/mol. The van der Waals surface area contributed by atoms with Gasteiger partial charge in [0.15, 0.2) is 5.78 Å². The zero-order valence-electron chi connectivity index (χ0n) is 19.2. The van der Waals surface area contributed by atoms with E-state index in [4.69, 9.17) is 9.84 Å². The van der Waals surface area contributed by atoms with Gasteiger partial charge >= 0.3 is 11.9 Å². The first kappa shape index (κ1) is 23.0. The summed E-state index contributed by atoms with van der Waals surface area (Å²) in [6, 6.07) is 0. The molecule has 4 aliphatic carbocycles.